The lowest BCUT2D eigenvalue weighted by Crippen LogP contribution is -2.50. The first-order valence-electron chi connectivity index (χ1n) is 7.00. The quantitative estimate of drug-likeness (QED) is 0.791. The van der Waals surface area contributed by atoms with Crippen molar-refractivity contribution in [3.8, 4) is 0 Å². The minimum Gasteiger partial charge on any atom is -0.337 e. The van der Waals surface area contributed by atoms with Gasteiger partial charge in [-0.3, -0.25) is 4.79 Å². The summed E-state index contributed by atoms with van der Waals surface area (Å²) >= 11 is 5.78. The van der Waals surface area contributed by atoms with Crippen LogP contribution in [-0.4, -0.2) is 49.7 Å². The molecule has 0 radical (unpaired) electrons. The van der Waals surface area contributed by atoms with Crippen molar-refractivity contribution in [3.05, 3.63) is 40.9 Å². The largest absolute Gasteiger partial charge is 0.337 e. The van der Waals surface area contributed by atoms with Crippen LogP contribution in [0.5, 0.6) is 0 Å². The van der Waals surface area contributed by atoms with Gasteiger partial charge in [0.05, 0.1) is 4.90 Å². The first kappa shape index (κ1) is 17.0. The zero-order valence-corrected chi connectivity index (χ0v) is 14.2. The Kier molecular flexibility index (Phi) is 5.26. The van der Waals surface area contributed by atoms with Gasteiger partial charge in [-0.1, -0.05) is 17.2 Å². The number of allylic oxidation sites excluding steroid dienone is 1. The molecule has 1 fully saturated rings. The van der Waals surface area contributed by atoms with Gasteiger partial charge in [-0.05, 0) is 38.1 Å². The molecule has 22 heavy (non-hydrogen) atoms. The van der Waals surface area contributed by atoms with Crippen molar-refractivity contribution < 1.29 is 13.2 Å². The number of rotatable bonds is 3. The van der Waals surface area contributed by atoms with Gasteiger partial charge >= 0.3 is 0 Å². The number of piperazine rings is 1. The van der Waals surface area contributed by atoms with Crippen molar-refractivity contribution in [2.75, 3.05) is 26.2 Å². The molecule has 2 rings (SSSR count). The van der Waals surface area contributed by atoms with Gasteiger partial charge in [-0.15, -0.1) is 0 Å². The van der Waals surface area contributed by atoms with Gasteiger partial charge in [0.1, 0.15) is 0 Å². The summed E-state index contributed by atoms with van der Waals surface area (Å²) in [5.41, 5.74) is 0.932. The summed E-state index contributed by atoms with van der Waals surface area (Å²) in [6, 6.07) is 6.11. The van der Waals surface area contributed by atoms with E-state index in [1.165, 1.54) is 16.4 Å². The molecule has 1 heterocycles. The third kappa shape index (κ3) is 3.88. The highest BCUT2D eigenvalue weighted by atomic mass is 35.5. The van der Waals surface area contributed by atoms with Gasteiger partial charge < -0.3 is 4.90 Å². The molecule has 1 aliphatic rings. The lowest BCUT2D eigenvalue weighted by atomic mass is 10.3. The van der Waals surface area contributed by atoms with E-state index in [4.69, 9.17) is 11.6 Å². The molecule has 1 aromatic carbocycles. The topological polar surface area (TPSA) is 57.7 Å². The van der Waals surface area contributed by atoms with E-state index in [1.54, 1.807) is 23.1 Å². The summed E-state index contributed by atoms with van der Waals surface area (Å²) in [6.07, 6.45) is 1.57. The lowest BCUT2D eigenvalue weighted by Gasteiger charge is -2.33. The molecule has 0 bridgehead atoms. The van der Waals surface area contributed by atoms with Crippen molar-refractivity contribution in [1.82, 2.24) is 9.21 Å². The highest BCUT2D eigenvalue weighted by Crippen LogP contribution is 2.20. The number of benzene rings is 1. The van der Waals surface area contributed by atoms with Crippen LogP contribution in [0.2, 0.25) is 5.02 Å². The Balaban J connectivity index is 2.06. The Labute approximate surface area is 136 Å². The molecule has 0 atom stereocenters. The Morgan fingerprint density at radius 2 is 1.64 bits per heavy atom. The molecule has 0 aliphatic carbocycles. The second-order valence-corrected chi connectivity index (χ2v) is 7.78. The molecule has 120 valence electrons. The van der Waals surface area contributed by atoms with E-state index in [1.807, 2.05) is 13.8 Å². The van der Waals surface area contributed by atoms with Crippen molar-refractivity contribution in [3.63, 3.8) is 0 Å². The number of carbonyl (C=O) groups is 1. The normalized spacial score (nSPS) is 16.4. The molecular weight excluding hydrogens is 324 g/mol. The molecule has 1 aliphatic heterocycles. The van der Waals surface area contributed by atoms with E-state index in [-0.39, 0.29) is 10.8 Å². The van der Waals surface area contributed by atoms with E-state index < -0.39 is 10.0 Å². The second-order valence-electron chi connectivity index (χ2n) is 5.40. The van der Waals surface area contributed by atoms with E-state index in [0.717, 1.165) is 5.57 Å². The van der Waals surface area contributed by atoms with Gasteiger partial charge in [-0.2, -0.15) is 4.31 Å². The van der Waals surface area contributed by atoms with Gasteiger partial charge in [0.15, 0.2) is 0 Å². The molecule has 7 heteroatoms. The van der Waals surface area contributed by atoms with Crippen LogP contribution in [0.4, 0.5) is 0 Å². The average molecular weight is 343 g/mol. The molecule has 1 aromatic rings. The van der Waals surface area contributed by atoms with Crippen LogP contribution in [0.15, 0.2) is 40.8 Å². The number of sulfonamides is 1. The highest BCUT2D eigenvalue weighted by Gasteiger charge is 2.29. The summed E-state index contributed by atoms with van der Waals surface area (Å²) in [5, 5.41) is 0.496. The van der Waals surface area contributed by atoms with E-state index >= 15 is 0 Å². The maximum absolute atomic E-state index is 12.5. The van der Waals surface area contributed by atoms with Gasteiger partial charge in [0.25, 0.3) is 0 Å². The molecular formula is C15H19ClN2O3S. The van der Waals surface area contributed by atoms with Crippen LogP contribution in [0.25, 0.3) is 0 Å². The summed E-state index contributed by atoms with van der Waals surface area (Å²) < 4.78 is 26.4. The van der Waals surface area contributed by atoms with Crippen LogP contribution < -0.4 is 0 Å². The molecule has 0 N–H and O–H groups in total. The third-order valence-corrected chi connectivity index (χ3v) is 5.58. The third-order valence-electron chi connectivity index (χ3n) is 3.41. The summed E-state index contributed by atoms with van der Waals surface area (Å²) in [4.78, 5) is 13.8. The zero-order chi connectivity index (χ0) is 16.3. The number of amides is 1. The molecule has 0 unspecified atom stereocenters. The fraction of sp³-hybridized carbons (Fsp3) is 0.400. The number of carbonyl (C=O) groups excluding carboxylic acids is 1. The van der Waals surface area contributed by atoms with Crippen LogP contribution in [0.3, 0.4) is 0 Å². The SMILES string of the molecule is CC(C)=CC(=O)N1CCN(S(=O)(=O)c2ccc(Cl)cc2)CC1. The summed E-state index contributed by atoms with van der Waals surface area (Å²) in [6.45, 7) is 5.11. The first-order valence-corrected chi connectivity index (χ1v) is 8.82. The van der Waals surface area contributed by atoms with Crippen LogP contribution in [-0.2, 0) is 14.8 Å². The van der Waals surface area contributed by atoms with Gasteiger partial charge in [-0.25, -0.2) is 8.42 Å². The number of hydrogen-bond acceptors (Lipinski definition) is 3. The average Bonchev–Trinajstić information content (AvgIpc) is 2.47. The van der Waals surface area contributed by atoms with Crippen molar-refractivity contribution in [2.45, 2.75) is 18.7 Å². The Bertz CT molecular complexity index is 671. The van der Waals surface area contributed by atoms with Gasteiger partial charge in [0, 0.05) is 37.3 Å². The Morgan fingerprint density at radius 3 is 2.14 bits per heavy atom. The molecule has 0 saturated carbocycles. The predicted molar refractivity (Wildman–Crippen MR) is 86.2 cm³/mol. The molecule has 0 aromatic heterocycles. The molecule has 1 saturated heterocycles. The van der Waals surface area contributed by atoms with Crippen molar-refractivity contribution in [1.29, 1.82) is 0 Å². The minimum atomic E-state index is -3.53. The van der Waals surface area contributed by atoms with Crippen LogP contribution in [0, 0.1) is 0 Å². The Hall–Kier alpha value is -1.37. The number of hydrogen-bond donors (Lipinski definition) is 0. The summed E-state index contributed by atoms with van der Waals surface area (Å²) in [5.74, 6) is -0.0662. The van der Waals surface area contributed by atoms with Crippen molar-refractivity contribution in [2.24, 2.45) is 0 Å². The van der Waals surface area contributed by atoms with Crippen molar-refractivity contribution >= 4 is 27.5 Å². The smallest absolute Gasteiger partial charge is 0.246 e. The number of halogens is 1. The van der Waals surface area contributed by atoms with Gasteiger partial charge in [0.2, 0.25) is 15.9 Å². The fourth-order valence-corrected chi connectivity index (χ4v) is 3.79. The minimum absolute atomic E-state index is 0.0662. The van der Waals surface area contributed by atoms with Crippen LogP contribution in [0.1, 0.15) is 13.8 Å². The standard InChI is InChI=1S/C15H19ClN2O3S/c1-12(2)11-15(19)17-7-9-18(10-8-17)22(20,21)14-5-3-13(16)4-6-14/h3-6,11H,7-10H2,1-2H3. The Morgan fingerprint density at radius 1 is 1.09 bits per heavy atom. The number of nitrogens with zero attached hydrogens (tertiary/aromatic N) is 2. The molecule has 1 amide bonds. The predicted octanol–water partition coefficient (Wildman–Crippen LogP) is 2.14. The van der Waals surface area contributed by atoms with Crippen LogP contribution >= 0.6 is 11.6 Å². The summed E-state index contributed by atoms with van der Waals surface area (Å²) in [7, 11) is -3.53. The maximum atomic E-state index is 12.5. The first-order chi connectivity index (χ1) is 10.3. The fourth-order valence-electron chi connectivity index (χ4n) is 2.24. The van der Waals surface area contributed by atoms with E-state index in [2.05, 4.69) is 0 Å². The maximum Gasteiger partial charge on any atom is 0.246 e. The zero-order valence-electron chi connectivity index (χ0n) is 12.6. The highest BCUT2D eigenvalue weighted by molar-refractivity contribution is 7.89. The monoisotopic (exact) mass is 342 g/mol. The lowest BCUT2D eigenvalue weighted by molar-refractivity contribution is -0.127. The molecule has 0 spiro atoms. The van der Waals surface area contributed by atoms with E-state index in [9.17, 15) is 13.2 Å². The molecule has 5 nitrogen and oxygen atoms in total. The second kappa shape index (κ2) is 6.81. The van der Waals surface area contributed by atoms with E-state index in [0.29, 0.717) is 31.2 Å².